The van der Waals surface area contributed by atoms with Crippen molar-refractivity contribution in [2.75, 3.05) is 20.1 Å². The van der Waals surface area contributed by atoms with Gasteiger partial charge in [0.1, 0.15) is 0 Å². The number of likely N-dealkylation sites (N-methyl/N-ethyl adjacent to an activating group) is 1. The van der Waals surface area contributed by atoms with Gasteiger partial charge in [-0.15, -0.1) is 0 Å². The van der Waals surface area contributed by atoms with Gasteiger partial charge in [0.25, 0.3) is 0 Å². The zero-order valence-electron chi connectivity index (χ0n) is 11.5. The van der Waals surface area contributed by atoms with Crippen molar-refractivity contribution in [2.45, 2.75) is 39.7 Å². The molecule has 0 aliphatic rings. The van der Waals surface area contributed by atoms with Gasteiger partial charge in [-0.2, -0.15) is 0 Å². The predicted molar refractivity (Wildman–Crippen MR) is 76.0 cm³/mol. The van der Waals surface area contributed by atoms with Crippen molar-refractivity contribution >= 4 is 23.1 Å². The SMILES string of the molecule is CCC(C)(C)NC(=O)CN(C)CC(C)C(N)=S. The fourth-order valence-electron chi connectivity index (χ4n) is 1.37. The second kappa shape index (κ2) is 6.91. The van der Waals surface area contributed by atoms with Gasteiger partial charge in [-0.3, -0.25) is 9.69 Å². The molecule has 1 amide bonds. The highest BCUT2D eigenvalue weighted by molar-refractivity contribution is 7.80. The van der Waals surface area contributed by atoms with Crippen LogP contribution in [0.5, 0.6) is 0 Å². The molecule has 1 unspecified atom stereocenters. The fourth-order valence-corrected chi connectivity index (χ4v) is 1.45. The first kappa shape index (κ1) is 16.3. The largest absolute Gasteiger partial charge is 0.393 e. The van der Waals surface area contributed by atoms with Crippen LogP contribution in [0, 0.1) is 5.92 Å². The van der Waals surface area contributed by atoms with E-state index in [1.807, 2.05) is 32.7 Å². The minimum absolute atomic E-state index is 0.0366. The average molecular weight is 259 g/mol. The molecule has 0 aromatic carbocycles. The number of thiocarbonyl (C=S) groups is 1. The highest BCUT2D eigenvalue weighted by atomic mass is 32.1. The highest BCUT2D eigenvalue weighted by Gasteiger charge is 2.19. The van der Waals surface area contributed by atoms with E-state index >= 15 is 0 Å². The molecule has 17 heavy (non-hydrogen) atoms. The summed E-state index contributed by atoms with van der Waals surface area (Å²) in [4.78, 5) is 14.2. The molecule has 0 aliphatic carbocycles. The van der Waals surface area contributed by atoms with Crippen molar-refractivity contribution in [3.63, 3.8) is 0 Å². The molecule has 3 N–H and O–H groups in total. The topological polar surface area (TPSA) is 58.4 Å². The van der Waals surface area contributed by atoms with Crippen LogP contribution in [0.15, 0.2) is 0 Å². The number of amides is 1. The molecule has 0 saturated heterocycles. The summed E-state index contributed by atoms with van der Waals surface area (Å²) in [6.45, 7) is 9.13. The number of hydrogen-bond donors (Lipinski definition) is 2. The molecule has 0 rings (SSSR count). The van der Waals surface area contributed by atoms with Gasteiger partial charge in [0.15, 0.2) is 0 Å². The Bertz CT molecular complexity index is 279. The van der Waals surface area contributed by atoms with Gasteiger partial charge in [-0.1, -0.05) is 26.1 Å². The lowest BCUT2D eigenvalue weighted by atomic mass is 10.0. The van der Waals surface area contributed by atoms with Crippen LogP contribution in [-0.4, -0.2) is 41.5 Å². The number of carbonyl (C=O) groups is 1. The lowest BCUT2D eigenvalue weighted by Crippen LogP contribution is -2.47. The van der Waals surface area contributed by atoms with E-state index in [0.29, 0.717) is 18.1 Å². The molecular formula is C12H25N3OS. The van der Waals surface area contributed by atoms with E-state index < -0.39 is 0 Å². The van der Waals surface area contributed by atoms with Gasteiger partial charge in [0.2, 0.25) is 5.91 Å². The van der Waals surface area contributed by atoms with Crippen LogP contribution in [0.2, 0.25) is 0 Å². The Balaban J connectivity index is 4.09. The van der Waals surface area contributed by atoms with Crippen LogP contribution in [0.1, 0.15) is 34.1 Å². The van der Waals surface area contributed by atoms with Crippen molar-refractivity contribution in [2.24, 2.45) is 11.7 Å². The molecule has 0 aromatic heterocycles. The molecular weight excluding hydrogens is 234 g/mol. The maximum absolute atomic E-state index is 11.8. The van der Waals surface area contributed by atoms with Crippen molar-refractivity contribution in [1.82, 2.24) is 10.2 Å². The summed E-state index contributed by atoms with van der Waals surface area (Å²) in [7, 11) is 1.90. The maximum atomic E-state index is 11.8. The summed E-state index contributed by atoms with van der Waals surface area (Å²) in [6, 6.07) is 0. The van der Waals surface area contributed by atoms with E-state index in [4.69, 9.17) is 18.0 Å². The Morgan fingerprint density at radius 3 is 2.47 bits per heavy atom. The Hall–Kier alpha value is -0.680. The Morgan fingerprint density at radius 2 is 2.06 bits per heavy atom. The number of nitrogens with one attached hydrogen (secondary N) is 1. The summed E-state index contributed by atoms with van der Waals surface area (Å²) in [5.41, 5.74) is 5.40. The van der Waals surface area contributed by atoms with Crippen LogP contribution in [0.4, 0.5) is 0 Å². The van der Waals surface area contributed by atoms with Crippen LogP contribution >= 0.6 is 12.2 Å². The summed E-state index contributed by atoms with van der Waals surface area (Å²) in [5.74, 6) is 0.163. The third-order valence-corrected chi connectivity index (χ3v) is 3.25. The zero-order valence-corrected chi connectivity index (χ0v) is 12.4. The minimum Gasteiger partial charge on any atom is -0.393 e. The fraction of sp³-hybridized carbons (Fsp3) is 0.833. The van der Waals surface area contributed by atoms with E-state index in [1.165, 1.54) is 0 Å². The standard InChI is InChI=1S/C12H25N3OS/c1-6-12(3,4)14-10(16)8-15(5)7-9(2)11(13)17/h9H,6-8H2,1-5H3,(H2,13,17)(H,14,16). The summed E-state index contributed by atoms with van der Waals surface area (Å²) in [5, 5.41) is 2.99. The molecule has 0 radical (unpaired) electrons. The first-order chi connectivity index (χ1) is 7.68. The van der Waals surface area contributed by atoms with Gasteiger partial charge in [0, 0.05) is 18.0 Å². The second-order valence-electron chi connectivity index (χ2n) is 5.29. The van der Waals surface area contributed by atoms with E-state index in [1.54, 1.807) is 0 Å². The van der Waals surface area contributed by atoms with E-state index in [2.05, 4.69) is 12.2 Å². The van der Waals surface area contributed by atoms with Gasteiger partial charge >= 0.3 is 0 Å². The number of rotatable bonds is 7. The van der Waals surface area contributed by atoms with Crippen molar-refractivity contribution in [3.8, 4) is 0 Å². The zero-order chi connectivity index (χ0) is 13.6. The van der Waals surface area contributed by atoms with Crippen molar-refractivity contribution in [1.29, 1.82) is 0 Å². The number of nitrogens with zero attached hydrogens (tertiary/aromatic N) is 1. The highest BCUT2D eigenvalue weighted by Crippen LogP contribution is 2.06. The molecule has 0 saturated carbocycles. The van der Waals surface area contributed by atoms with Gasteiger partial charge in [-0.05, 0) is 27.3 Å². The lowest BCUT2D eigenvalue weighted by Gasteiger charge is -2.27. The smallest absolute Gasteiger partial charge is 0.234 e. The molecule has 4 nitrogen and oxygen atoms in total. The van der Waals surface area contributed by atoms with E-state index in [9.17, 15) is 4.79 Å². The van der Waals surface area contributed by atoms with Crippen LogP contribution in [0.3, 0.4) is 0 Å². The molecule has 0 aromatic rings. The maximum Gasteiger partial charge on any atom is 0.234 e. The van der Waals surface area contributed by atoms with Crippen molar-refractivity contribution in [3.05, 3.63) is 0 Å². The van der Waals surface area contributed by atoms with Crippen molar-refractivity contribution < 1.29 is 4.79 Å². The number of hydrogen-bond acceptors (Lipinski definition) is 3. The number of nitrogens with two attached hydrogens (primary N) is 1. The molecule has 0 bridgehead atoms. The minimum atomic E-state index is -0.146. The Labute approximate surface area is 110 Å². The van der Waals surface area contributed by atoms with Gasteiger partial charge in [0.05, 0.1) is 11.5 Å². The van der Waals surface area contributed by atoms with Gasteiger partial charge < -0.3 is 11.1 Å². The van der Waals surface area contributed by atoms with E-state index in [0.717, 1.165) is 6.42 Å². The summed E-state index contributed by atoms with van der Waals surface area (Å²) >= 11 is 4.91. The molecule has 1 atom stereocenters. The average Bonchev–Trinajstić information content (AvgIpc) is 2.15. The van der Waals surface area contributed by atoms with Gasteiger partial charge in [-0.25, -0.2) is 0 Å². The normalized spacial score (nSPS) is 13.5. The molecule has 100 valence electrons. The summed E-state index contributed by atoms with van der Waals surface area (Å²) in [6.07, 6.45) is 0.908. The predicted octanol–water partition coefficient (Wildman–Crippen LogP) is 1.15. The third kappa shape index (κ3) is 7.28. The monoisotopic (exact) mass is 259 g/mol. The molecule has 0 spiro atoms. The Morgan fingerprint density at radius 1 is 1.53 bits per heavy atom. The quantitative estimate of drug-likeness (QED) is 0.673. The first-order valence-electron chi connectivity index (χ1n) is 5.97. The number of carbonyl (C=O) groups excluding carboxylic acids is 1. The second-order valence-corrected chi connectivity index (χ2v) is 5.76. The third-order valence-electron chi connectivity index (χ3n) is 2.85. The molecule has 0 fully saturated rings. The van der Waals surface area contributed by atoms with E-state index in [-0.39, 0.29) is 17.4 Å². The summed E-state index contributed by atoms with van der Waals surface area (Å²) < 4.78 is 0. The first-order valence-corrected chi connectivity index (χ1v) is 6.37. The lowest BCUT2D eigenvalue weighted by molar-refractivity contribution is -0.123. The molecule has 5 heteroatoms. The molecule has 0 aliphatic heterocycles. The van der Waals surface area contributed by atoms with Crippen LogP contribution in [-0.2, 0) is 4.79 Å². The van der Waals surface area contributed by atoms with Crippen LogP contribution < -0.4 is 11.1 Å². The Kier molecular flexibility index (Phi) is 6.64. The molecule has 0 heterocycles. The van der Waals surface area contributed by atoms with Crippen LogP contribution in [0.25, 0.3) is 0 Å².